The van der Waals surface area contributed by atoms with Crippen LogP contribution in [0.5, 0.6) is 5.75 Å². The lowest BCUT2D eigenvalue weighted by atomic mass is 9.94. The summed E-state index contributed by atoms with van der Waals surface area (Å²) in [5, 5.41) is 11.5. The van der Waals surface area contributed by atoms with Gasteiger partial charge in [-0.2, -0.15) is 0 Å². The first-order chi connectivity index (χ1) is 15.7. The fourth-order valence-corrected chi connectivity index (χ4v) is 4.53. The standard InChI is InChI=1S/C24H15BrCl2FNO4/c1-33-19-9-6-12(10-15(19)25)22(30)20-21(14-4-2-3-5-18(14)28)29(24(32)23(20)31)13-7-8-16(26)17(27)11-13/h2-11,21,30H,1H3/b22-20+. The fourth-order valence-electron chi connectivity index (χ4n) is 3.69. The molecule has 9 heteroatoms. The third-order valence-corrected chi connectivity index (χ3v) is 6.61. The number of hydrogen-bond acceptors (Lipinski definition) is 4. The molecule has 1 heterocycles. The van der Waals surface area contributed by atoms with Gasteiger partial charge in [0.1, 0.15) is 17.3 Å². The molecular weight excluding hydrogens is 536 g/mol. The summed E-state index contributed by atoms with van der Waals surface area (Å²) in [7, 11) is 1.49. The molecule has 1 atom stereocenters. The van der Waals surface area contributed by atoms with Gasteiger partial charge in [-0.25, -0.2) is 4.39 Å². The molecule has 0 bridgehead atoms. The normalized spacial score (nSPS) is 17.5. The first kappa shape index (κ1) is 23.3. The molecule has 1 saturated heterocycles. The van der Waals surface area contributed by atoms with Gasteiger partial charge >= 0.3 is 0 Å². The molecule has 1 amide bonds. The number of ether oxygens (including phenoxy) is 1. The van der Waals surface area contributed by atoms with E-state index in [1.807, 2.05) is 0 Å². The summed E-state index contributed by atoms with van der Waals surface area (Å²) < 4.78 is 20.6. The Bertz CT molecular complexity index is 1330. The Labute approximate surface area is 207 Å². The van der Waals surface area contributed by atoms with Crippen molar-refractivity contribution in [3.63, 3.8) is 0 Å². The highest BCUT2D eigenvalue weighted by Crippen LogP contribution is 2.44. The number of Topliss-reactive ketones (excluding diaryl/α,β-unsaturated/α-hetero) is 1. The van der Waals surface area contributed by atoms with Crippen LogP contribution in [0.1, 0.15) is 17.2 Å². The molecule has 1 aliphatic rings. The smallest absolute Gasteiger partial charge is 0.300 e. The lowest BCUT2D eigenvalue weighted by Gasteiger charge is -2.26. The lowest BCUT2D eigenvalue weighted by Crippen LogP contribution is -2.29. The maximum atomic E-state index is 14.9. The topological polar surface area (TPSA) is 66.8 Å². The zero-order valence-corrected chi connectivity index (χ0v) is 20.1. The molecule has 1 aliphatic heterocycles. The van der Waals surface area contributed by atoms with Crippen molar-refractivity contribution < 1.29 is 23.8 Å². The number of ketones is 1. The molecule has 3 aromatic carbocycles. The van der Waals surface area contributed by atoms with Crippen LogP contribution in [0.15, 0.2) is 70.7 Å². The Balaban J connectivity index is 1.97. The van der Waals surface area contributed by atoms with Crippen molar-refractivity contribution in [3.05, 3.63) is 97.7 Å². The summed E-state index contributed by atoms with van der Waals surface area (Å²) in [5.74, 6) is -2.48. The van der Waals surface area contributed by atoms with Crippen molar-refractivity contribution in [1.82, 2.24) is 0 Å². The van der Waals surface area contributed by atoms with E-state index in [0.717, 1.165) is 4.90 Å². The quantitative estimate of drug-likeness (QED) is 0.228. The molecule has 0 aliphatic carbocycles. The first-order valence-electron chi connectivity index (χ1n) is 9.59. The molecule has 1 fully saturated rings. The van der Waals surface area contributed by atoms with Crippen LogP contribution in [0.25, 0.3) is 5.76 Å². The highest BCUT2D eigenvalue weighted by molar-refractivity contribution is 9.10. The Hall–Kier alpha value is -2.87. The molecule has 0 radical (unpaired) electrons. The van der Waals surface area contributed by atoms with Gasteiger partial charge in [-0.15, -0.1) is 0 Å². The molecular formula is C24H15BrCl2FNO4. The molecule has 3 aromatic rings. The van der Waals surface area contributed by atoms with Gasteiger partial charge in [-0.05, 0) is 58.4 Å². The van der Waals surface area contributed by atoms with E-state index < -0.39 is 29.3 Å². The van der Waals surface area contributed by atoms with Crippen molar-refractivity contribution in [3.8, 4) is 5.75 Å². The number of aliphatic hydroxyl groups is 1. The highest BCUT2D eigenvalue weighted by atomic mass is 79.9. The number of halogens is 4. The van der Waals surface area contributed by atoms with E-state index >= 15 is 0 Å². The van der Waals surface area contributed by atoms with E-state index in [1.54, 1.807) is 18.2 Å². The number of rotatable bonds is 4. The average molecular weight is 551 g/mol. The van der Waals surface area contributed by atoms with Crippen LogP contribution >= 0.6 is 39.1 Å². The maximum absolute atomic E-state index is 14.9. The highest BCUT2D eigenvalue weighted by Gasteiger charge is 2.48. The Morgan fingerprint density at radius 2 is 1.79 bits per heavy atom. The summed E-state index contributed by atoms with van der Waals surface area (Å²) in [6.07, 6.45) is 0. The van der Waals surface area contributed by atoms with E-state index in [0.29, 0.717) is 10.2 Å². The number of nitrogens with zero attached hydrogens (tertiary/aromatic N) is 1. The zero-order valence-electron chi connectivity index (χ0n) is 17.0. The monoisotopic (exact) mass is 549 g/mol. The number of benzene rings is 3. The Kier molecular flexibility index (Phi) is 6.47. The van der Waals surface area contributed by atoms with Crippen molar-refractivity contribution in [2.24, 2.45) is 0 Å². The zero-order chi connectivity index (χ0) is 23.9. The van der Waals surface area contributed by atoms with Gasteiger partial charge in [-0.3, -0.25) is 14.5 Å². The van der Waals surface area contributed by atoms with Gasteiger partial charge < -0.3 is 9.84 Å². The minimum atomic E-state index is -1.23. The van der Waals surface area contributed by atoms with Crippen LogP contribution in [0.2, 0.25) is 10.0 Å². The summed E-state index contributed by atoms with van der Waals surface area (Å²) in [4.78, 5) is 27.3. The average Bonchev–Trinajstić information content (AvgIpc) is 3.06. The Morgan fingerprint density at radius 1 is 1.06 bits per heavy atom. The van der Waals surface area contributed by atoms with Crippen molar-refractivity contribution >= 4 is 62.3 Å². The summed E-state index contributed by atoms with van der Waals surface area (Å²) in [5.41, 5.74) is 0.260. The van der Waals surface area contributed by atoms with Gasteiger partial charge in [0, 0.05) is 16.8 Å². The lowest BCUT2D eigenvalue weighted by molar-refractivity contribution is -0.132. The minimum Gasteiger partial charge on any atom is -0.507 e. The molecule has 168 valence electrons. The largest absolute Gasteiger partial charge is 0.507 e. The molecule has 0 saturated carbocycles. The van der Waals surface area contributed by atoms with Gasteiger partial charge in [0.15, 0.2) is 0 Å². The molecule has 1 N–H and O–H groups in total. The molecule has 1 unspecified atom stereocenters. The summed E-state index contributed by atoms with van der Waals surface area (Å²) >= 11 is 15.5. The van der Waals surface area contributed by atoms with Gasteiger partial charge in [0.25, 0.3) is 11.7 Å². The van der Waals surface area contributed by atoms with Crippen LogP contribution in [-0.2, 0) is 9.59 Å². The fraction of sp³-hybridized carbons (Fsp3) is 0.0833. The van der Waals surface area contributed by atoms with Crippen LogP contribution in [-0.4, -0.2) is 23.9 Å². The third kappa shape index (κ3) is 4.12. The second kappa shape index (κ2) is 9.17. The summed E-state index contributed by atoms with van der Waals surface area (Å²) in [6, 6.07) is 13.5. The molecule has 4 rings (SSSR count). The van der Waals surface area contributed by atoms with Crippen LogP contribution in [0, 0.1) is 5.82 Å². The second-order valence-corrected chi connectivity index (χ2v) is 8.81. The summed E-state index contributed by atoms with van der Waals surface area (Å²) in [6.45, 7) is 0. The number of aliphatic hydroxyl groups excluding tert-OH is 1. The molecule has 5 nitrogen and oxygen atoms in total. The number of amides is 1. The Morgan fingerprint density at radius 3 is 2.42 bits per heavy atom. The van der Waals surface area contributed by atoms with E-state index in [1.165, 1.54) is 49.6 Å². The number of hydrogen-bond donors (Lipinski definition) is 1. The van der Waals surface area contributed by atoms with E-state index in [-0.39, 0.29) is 32.4 Å². The number of carbonyl (C=O) groups is 2. The minimum absolute atomic E-state index is 0.0388. The van der Waals surface area contributed by atoms with Gasteiger partial charge in [0.05, 0.1) is 33.2 Å². The van der Waals surface area contributed by atoms with Crippen molar-refractivity contribution in [2.45, 2.75) is 6.04 Å². The van der Waals surface area contributed by atoms with Gasteiger partial charge in [0.2, 0.25) is 0 Å². The predicted octanol–water partition coefficient (Wildman–Crippen LogP) is 6.53. The van der Waals surface area contributed by atoms with Crippen LogP contribution in [0.3, 0.4) is 0 Å². The van der Waals surface area contributed by atoms with E-state index in [4.69, 9.17) is 27.9 Å². The molecule has 0 spiro atoms. The van der Waals surface area contributed by atoms with Gasteiger partial charge in [-0.1, -0.05) is 41.4 Å². The SMILES string of the molecule is COc1ccc(/C(O)=C2\C(=O)C(=O)N(c3ccc(Cl)c(Cl)c3)C2c2ccccc2F)cc1Br. The number of methoxy groups -OCH3 is 1. The first-order valence-corrected chi connectivity index (χ1v) is 11.1. The third-order valence-electron chi connectivity index (χ3n) is 5.25. The maximum Gasteiger partial charge on any atom is 0.300 e. The van der Waals surface area contributed by atoms with E-state index in [9.17, 15) is 19.1 Å². The van der Waals surface area contributed by atoms with Crippen molar-refractivity contribution in [1.29, 1.82) is 0 Å². The molecule has 33 heavy (non-hydrogen) atoms. The van der Waals surface area contributed by atoms with Crippen molar-refractivity contribution in [2.75, 3.05) is 12.0 Å². The molecule has 0 aromatic heterocycles. The second-order valence-electron chi connectivity index (χ2n) is 7.14. The van der Waals surface area contributed by atoms with E-state index in [2.05, 4.69) is 15.9 Å². The number of anilines is 1. The number of carbonyl (C=O) groups excluding carboxylic acids is 2. The predicted molar refractivity (Wildman–Crippen MR) is 128 cm³/mol. The van der Waals surface area contributed by atoms with Crippen LogP contribution < -0.4 is 9.64 Å². The van der Waals surface area contributed by atoms with Crippen LogP contribution in [0.4, 0.5) is 10.1 Å².